The van der Waals surface area contributed by atoms with E-state index >= 15 is 0 Å². The fourth-order valence-electron chi connectivity index (χ4n) is 3.59. The summed E-state index contributed by atoms with van der Waals surface area (Å²) in [5, 5.41) is 9.61. The van der Waals surface area contributed by atoms with Gasteiger partial charge in [0.1, 0.15) is 0 Å². The van der Waals surface area contributed by atoms with Gasteiger partial charge >= 0.3 is 12.4 Å². The molecule has 1 N–H and O–H groups in total. The molecule has 0 spiro atoms. The predicted molar refractivity (Wildman–Crippen MR) is 113 cm³/mol. The maximum atomic E-state index is 13.2. The van der Waals surface area contributed by atoms with E-state index in [1.165, 1.54) is 14.2 Å². The van der Waals surface area contributed by atoms with Gasteiger partial charge in [-0.25, -0.2) is 0 Å². The molecule has 0 aliphatic carbocycles. The van der Waals surface area contributed by atoms with E-state index in [0.717, 1.165) is 36.1 Å². The van der Waals surface area contributed by atoms with Crippen LogP contribution in [-0.2, 0) is 12.1 Å². The van der Waals surface area contributed by atoms with Gasteiger partial charge in [0.15, 0.2) is 11.5 Å². The lowest BCUT2D eigenvalue weighted by molar-refractivity contribution is -0.376. The number of anilines is 1. The second-order valence-corrected chi connectivity index (χ2v) is 7.68. The average molecular weight is 479 g/mol. The monoisotopic (exact) mass is 479 g/mol. The van der Waals surface area contributed by atoms with Crippen LogP contribution in [0.25, 0.3) is 0 Å². The van der Waals surface area contributed by atoms with E-state index in [1.807, 2.05) is 24.8 Å². The van der Waals surface area contributed by atoms with Gasteiger partial charge < -0.3 is 19.5 Å². The van der Waals surface area contributed by atoms with Crippen LogP contribution in [0.5, 0.6) is 11.5 Å². The summed E-state index contributed by atoms with van der Waals surface area (Å²) in [6.45, 7) is 4.66. The maximum absolute atomic E-state index is 13.2. The van der Waals surface area contributed by atoms with E-state index in [4.69, 9.17) is 9.47 Å². The van der Waals surface area contributed by atoms with E-state index in [0.29, 0.717) is 42.4 Å². The number of aryl methyl sites for hydroxylation is 1. The molecule has 2 aromatic rings. The van der Waals surface area contributed by atoms with Crippen molar-refractivity contribution in [2.75, 3.05) is 25.7 Å². The smallest absolute Gasteiger partial charge is 0.430 e. The first-order valence-electron chi connectivity index (χ1n) is 10.2. The summed E-state index contributed by atoms with van der Waals surface area (Å²) in [6, 6.07) is 7.28. The lowest BCUT2D eigenvalue weighted by atomic mass is 9.92. The zero-order valence-corrected chi connectivity index (χ0v) is 18.8. The average Bonchev–Trinajstić information content (AvgIpc) is 2.74. The molecule has 0 aliphatic heterocycles. The summed E-state index contributed by atoms with van der Waals surface area (Å²) in [5.41, 5.74) is -4.17. The Kier molecular flexibility index (Phi) is 8.16. The molecule has 0 aliphatic rings. The quantitative estimate of drug-likeness (QED) is 0.440. The maximum Gasteiger partial charge on any atom is 0.430 e. The summed E-state index contributed by atoms with van der Waals surface area (Å²) in [4.78, 5) is 1.84. The minimum atomic E-state index is -5.92. The summed E-state index contributed by atoms with van der Waals surface area (Å²) in [6.07, 6.45) is -10.3. The molecule has 0 fully saturated rings. The number of rotatable bonds is 9. The summed E-state index contributed by atoms with van der Waals surface area (Å²) >= 11 is 0. The summed E-state index contributed by atoms with van der Waals surface area (Å²) in [7, 11) is 3.01. The van der Waals surface area contributed by atoms with Crippen molar-refractivity contribution in [3.8, 4) is 11.5 Å². The fraction of sp³-hybridized carbons (Fsp3) is 0.478. The van der Waals surface area contributed by atoms with Crippen LogP contribution in [0.4, 0.5) is 32.0 Å². The highest BCUT2D eigenvalue weighted by Crippen LogP contribution is 2.50. The Morgan fingerprint density at radius 2 is 1.48 bits per heavy atom. The molecule has 0 saturated carbocycles. The van der Waals surface area contributed by atoms with Crippen LogP contribution in [-0.4, -0.2) is 38.2 Å². The first-order chi connectivity index (χ1) is 15.3. The number of hydrogen-bond acceptors (Lipinski definition) is 4. The second-order valence-electron chi connectivity index (χ2n) is 7.68. The van der Waals surface area contributed by atoms with E-state index in [1.54, 1.807) is 6.07 Å². The van der Waals surface area contributed by atoms with Gasteiger partial charge in [0.05, 0.1) is 14.2 Å². The summed E-state index contributed by atoms with van der Waals surface area (Å²) in [5.74, 6) is 1.09. The number of benzene rings is 2. The highest BCUT2D eigenvalue weighted by Gasteiger charge is 2.71. The van der Waals surface area contributed by atoms with Crippen molar-refractivity contribution < 1.29 is 40.9 Å². The van der Waals surface area contributed by atoms with Gasteiger partial charge in [0.25, 0.3) is 5.60 Å². The molecule has 0 bridgehead atoms. The minimum Gasteiger partial charge on any atom is -0.493 e. The Labute approximate surface area is 188 Å². The lowest BCUT2D eigenvalue weighted by Gasteiger charge is -2.33. The highest BCUT2D eigenvalue weighted by molar-refractivity contribution is 5.52. The molecule has 2 rings (SSSR count). The lowest BCUT2D eigenvalue weighted by Crippen LogP contribution is -2.53. The Morgan fingerprint density at radius 3 is 1.94 bits per heavy atom. The SMILES string of the molecule is CCCCN(Cc1cc(C)c(OC)c(OC)c1)c1ccc(C(O)(C(F)(F)F)C(F)(F)F)cc1. The second kappa shape index (κ2) is 10.1. The molecule has 0 unspecified atom stereocenters. The number of alkyl halides is 6. The molecule has 0 heterocycles. The highest BCUT2D eigenvalue weighted by atomic mass is 19.4. The van der Waals surface area contributed by atoms with Gasteiger partial charge in [-0.15, -0.1) is 0 Å². The molecule has 0 radical (unpaired) electrons. The molecular formula is C23H27F6NO3. The van der Waals surface area contributed by atoms with Crippen molar-refractivity contribution in [2.24, 2.45) is 0 Å². The Balaban J connectivity index is 2.43. The van der Waals surface area contributed by atoms with Crippen molar-refractivity contribution in [3.63, 3.8) is 0 Å². The zero-order chi connectivity index (χ0) is 25.0. The van der Waals surface area contributed by atoms with Crippen molar-refractivity contribution >= 4 is 5.69 Å². The largest absolute Gasteiger partial charge is 0.493 e. The van der Waals surface area contributed by atoms with Gasteiger partial charge in [0.2, 0.25) is 0 Å². The van der Waals surface area contributed by atoms with Crippen LogP contribution in [0.2, 0.25) is 0 Å². The zero-order valence-electron chi connectivity index (χ0n) is 18.8. The number of methoxy groups -OCH3 is 2. The minimum absolute atomic E-state index is 0.337. The standard InChI is InChI=1S/C23H27F6NO3/c1-5-6-11-30(14-16-12-15(2)20(33-4)19(13-16)32-3)18-9-7-17(8-10-18)21(31,22(24,25)26)23(27,28)29/h7-10,12-13,31H,5-6,11,14H2,1-4H3. The molecule has 0 atom stereocenters. The van der Waals surface area contributed by atoms with Crippen LogP contribution in [0.1, 0.15) is 36.5 Å². The third kappa shape index (κ3) is 5.48. The van der Waals surface area contributed by atoms with E-state index in [9.17, 15) is 31.4 Å². The molecule has 10 heteroatoms. The van der Waals surface area contributed by atoms with Gasteiger partial charge in [0, 0.05) is 24.3 Å². The normalized spacial score (nSPS) is 12.6. The van der Waals surface area contributed by atoms with Crippen LogP contribution >= 0.6 is 0 Å². The molecular weight excluding hydrogens is 452 g/mol. The molecule has 0 amide bonds. The fourth-order valence-corrected chi connectivity index (χ4v) is 3.59. The number of hydrogen-bond donors (Lipinski definition) is 1. The number of halogens is 6. The van der Waals surface area contributed by atoms with Crippen molar-refractivity contribution in [2.45, 2.75) is 51.2 Å². The van der Waals surface area contributed by atoms with Crippen LogP contribution in [0, 0.1) is 6.92 Å². The van der Waals surface area contributed by atoms with Crippen molar-refractivity contribution in [1.82, 2.24) is 0 Å². The molecule has 4 nitrogen and oxygen atoms in total. The number of unbranched alkanes of at least 4 members (excludes halogenated alkanes) is 1. The van der Waals surface area contributed by atoms with Crippen LogP contribution < -0.4 is 14.4 Å². The van der Waals surface area contributed by atoms with Gasteiger partial charge in [-0.05, 0) is 42.7 Å². The molecule has 184 valence electrons. The molecule has 2 aromatic carbocycles. The van der Waals surface area contributed by atoms with E-state index in [2.05, 4.69) is 0 Å². The Morgan fingerprint density at radius 1 is 0.909 bits per heavy atom. The Bertz CT molecular complexity index is 912. The molecule has 0 saturated heterocycles. The van der Waals surface area contributed by atoms with E-state index < -0.39 is 23.5 Å². The van der Waals surface area contributed by atoms with Crippen molar-refractivity contribution in [1.29, 1.82) is 0 Å². The van der Waals surface area contributed by atoms with Crippen molar-refractivity contribution in [3.05, 3.63) is 53.1 Å². The van der Waals surface area contributed by atoms with Crippen LogP contribution in [0.15, 0.2) is 36.4 Å². The topological polar surface area (TPSA) is 41.9 Å². The summed E-state index contributed by atoms with van der Waals surface area (Å²) < 4.78 is 89.7. The van der Waals surface area contributed by atoms with Gasteiger partial charge in [-0.3, -0.25) is 0 Å². The van der Waals surface area contributed by atoms with E-state index in [-0.39, 0.29) is 0 Å². The number of aliphatic hydroxyl groups is 1. The number of nitrogens with zero attached hydrogens (tertiary/aromatic N) is 1. The third-order valence-electron chi connectivity index (χ3n) is 5.35. The molecule has 0 aromatic heterocycles. The Hall–Kier alpha value is -2.62. The first kappa shape index (κ1) is 26.6. The first-order valence-corrected chi connectivity index (χ1v) is 10.2. The predicted octanol–water partition coefficient (Wildman–Crippen LogP) is 6.13. The van der Waals surface area contributed by atoms with Gasteiger partial charge in [-0.1, -0.05) is 31.5 Å². The van der Waals surface area contributed by atoms with Crippen LogP contribution in [0.3, 0.4) is 0 Å². The van der Waals surface area contributed by atoms with Gasteiger partial charge in [-0.2, -0.15) is 26.3 Å². The molecule has 33 heavy (non-hydrogen) atoms. The number of ether oxygens (including phenoxy) is 2. The third-order valence-corrected chi connectivity index (χ3v) is 5.35.